The van der Waals surface area contributed by atoms with Gasteiger partial charge in [-0.1, -0.05) is 37.5 Å². The lowest BCUT2D eigenvalue weighted by atomic mass is 10.3. The molecule has 0 amide bonds. The molecule has 12 heavy (non-hydrogen) atoms. The van der Waals surface area contributed by atoms with Gasteiger partial charge in [-0.2, -0.15) is 0 Å². The summed E-state index contributed by atoms with van der Waals surface area (Å²) in [5.74, 6) is 0.957. The first-order chi connectivity index (χ1) is 5.81. The van der Waals surface area contributed by atoms with Crippen LogP contribution in [-0.2, 0) is 0 Å². The zero-order chi connectivity index (χ0) is 9.23. The molecule has 0 aromatic heterocycles. The minimum Gasteiger partial charge on any atom is -0.127 e. The maximum absolute atomic E-state index is 3.89. The summed E-state index contributed by atoms with van der Waals surface area (Å²) in [6.45, 7) is 11.1. The van der Waals surface area contributed by atoms with E-state index in [1.54, 1.807) is 17.8 Å². The monoisotopic (exact) mass is 179 g/mol. The summed E-state index contributed by atoms with van der Waals surface area (Å²) in [6, 6.07) is 0. The van der Waals surface area contributed by atoms with Crippen molar-refractivity contribution in [3.05, 3.63) is 55.4 Å². The third kappa shape index (κ3) is 7.42. The Hall–Kier alpha value is -0.690. The third-order valence-corrected chi connectivity index (χ3v) is 2.05. The van der Waals surface area contributed by atoms with E-state index in [0.717, 1.165) is 17.1 Å². The maximum Gasteiger partial charge on any atom is 0.0160 e. The lowest BCUT2D eigenvalue weighted by Gasteiger charge is -1.98. The molecule has 1 heteroatoms. The highest BCUT2D eigenvalue weighted by atomic mass is 32.2. The first-order valence-electron chi connectivity index (χ1n) is 3.84. The fourth-order valence-electron chi connectivity index (χ4n) is 0.581. The van der Waals surface area contributed by atoms with Crippen molar-refractivity contribution in [3.63, 3.8) is 0 Å². The van der Waals surface area contributed by atoms with Gasteiger partial charge in [0.05, 0.1) is 0 Å². The zero-order valence-corrected chi connectivity index (χ0v) is 8.15. The van der Waals surface area contributed by atoms with E-state index in [2.05, 4.69) is 32.2 Å². The standard InChI is InChI=1S/C11H15S/c1-4-6-8-10-12-11(3)9-7-5-2/h4-6,8-9H,1-3,7,10H2/b8-6+. The van der Waals surface area contributed by atoms with E-state index in [1.807, 2.05) is 12.2 Å². The number of rotatable bonds is 7. The first-order valence-corrected chi connectivity index (χ1v) is 4.83. The highest BCUT2D eigenvalue weighted by molar-refractivity contribution is 8.03. The van der Waals surface area contributed by atoms with Crippen LogP contribution in [0.5, 0.6) is 0 Å². The predicted molar refractivity (Wildman–Crippen MR) is 60.0 cm³/mol. The van der Waals surface area contributed by atoms with Crippen LogP contribution in [0.25, 0.3) is 0 Å². The van der Waals surface area contributed by atoms with Crippen LogP contribution in [0.3, 0.4) is 0 Å². The molecule has 0 rings (SSSR count). The lowest BCUT2D eigenvalue weighted by Crippen LogP contribution is -1.77. The molecule has 0 fully saturated rings. The van der Waals surface area contributed by atoms with Crippen LogP contribution in [0, 0.1) is 6.42 Å². The Bertz CT molecular complexity index is 177. The highest BCUT2D eigenvalue weighted by Gasteiger charge is 1.91. The van der Waals surface area contributed by atoms with E-state index < -0.39 is 0 Å². The van der Waals surface area contributed by atoms with Crippen molar-refractivity contribution in [2.24, 2.45) is 0 Å². The van der Waals surface area contributed by atoms with Gasteiger partial charge in [-0.25, -0.2) is 0 Å². The fraction of sp³-hybridized carbons (Fsp3) is 0.182. The molecule has 65 valence electrons. The number of allylic oxidation sites excluding steroid dienone is 4. The van der Waals surface area contributed by atoms with Gasteiger partial charge in [-0.05, 0) is 11.3 Å². The van der Waals surface area contributed by atoms with Crippen LogP contribution in [0.15, 0.2) is 48.9 Å². The molecule has 0 aromatic carbocycles. The van der Waals surface area contributed by atoms with E-state index >= 15 is 0 Å². The predicted octanol–water partition coefficient (Wildman–Crippen LogP) is 3.76. The van der Waals surface area contributed by atoms with E-state index in [1.165, 1.54) is 0 Å². The van der Waals surface area contributed by atoms with Crippen LogP contribution in [-0.4, -0.2) is 5.75 Å². The summed E-state index contributed by atoms with van der Waals surface area (Å²) in [6.07, 6.45) is 10.6. The molecule has 0 saturated carbocycles. The molecule has 0 aromatic rings. The zero-order valence-electron chi connectivity index (χ0n) is 7.33. The van der Waals surface area contributed by atoms with Gasteiger partial charge in [-0.3, -0.25) is 0 Å². The molecule has 0 nitrogen and oxygen atoms in total. The van der Waals surface area contributed by atoms with Crippen molar-refractivity contribution >= 4 is 11.8 Å². The lowest BCUT2D eigenvalue weighted by molar-refractivity contribution is 1.29. The molecular formula is C11H15S. The quantitative estimate of drug-likeness (QED) is 0.423. The van der Waals surface area contributed by atoms with Gasteiger partial charge >= 0.3 is 0 Å². The fourth-order valence-corrected chi connectivity index (χ4v) is 1.22. The normalized spacial score (nSPS) is 10.0. The van der Waals surface area contributed by atoms with Crippen molar-refractivity contribution in [1.29, 1.82) is 0 Å². The molecule has 1 radical (unpaired) electrons. The Kier molecular flexibility index (Phi) is 7.92. The van der Waals surface area contributed by atoms with Crippen molar-refractivity contribution in [2.75, 3.05) is 5.75 Å². The second kappa shape index (κ2) is 8.41. The maximum atomic E-state index is 3.89. The number of thioether (sulfide) groups is 1. The molecule has 0 aliphatic heterocycles. The Labute approximate surface area is 79.8 Å². The molecule has 0 unspecified atom stereocenters. The van der Waals surface area contributed by atoms with Gasteiger partial charge in [0.1, 0.15) is 0 Å². The summed E-state index contributed by atoms with van der Waals surface area (Å²) >= 11 is 1.72. The van der Waals surface area contributed by atoms with Crippen molar-refractivity contribution < 1.29 is 0 Å². The summed E-state index contributed by atoms with van der Waals surface area (Å²) in [7, 11) is 0. The summed E-state index contributed by atoms with van der Waals surface area (Å²) in [4.78, 5) is 1.10. The van der Waals surface area contributed by atoms with E-state index in [0.29, 0.717) is 0 Å². The first kappa shape index (κ1) is 11.3. The van der Waals surface area contributed by atoms with Crippen LogP contribution < -0.4 is 0 Å². The smallest absolute Gasteiger partial charge is 0.0160 e. The van der Waals surface area contributed by atoms with Crippen molar-refractivity contribution in [3.8, 4) is 0 Å². The SMILES string of the molecule is C=C/C=C/CSC(=C)[CH]CC=C. The molecule has 0 atom stereocenters. The summed E-state index contributed by atoms with van der Waals surface area (Å²) in [5, 5.41) is 0. The second-order valence-corrected chi connectivity index (χ2v) is 3.32. The third-order valence-electron chi connectivity index (χ3n) is 1.15. The van der Waals surface area contributed by atoms with E-state index in [-0.39, 0.29) is 0 Å². The van der Waals surface area contributed by atoms with Crippen LogP contribution in [0.2, 0.25) is 0 Å². The molecule has 0 heterocycles. The second-order valence-electron chi connectivity index (χ2n) is 2.17. The van der Waals surface area contributed by atoms with Gasteiger partial charge in [0.2, 0.25) is 0 Å². The Morgan fingerprint density at radius 3 is 2.67 bits per heavy atom. The van der Waals surface area contributed by atoms with Gasteiger partial charge in [-0.15, -0.1) is 18.3 Å². The van der Waals surface area contributed by atoms with Crippen LogP contribution in [0.1, 0.15) is 6.42 Å². The minimum atomic E-state index is 0.900. The molecule has 0 aliphatic rings. The molecule has 0 saturated heterocycles. The van der Waals surface area contributed by atoms with Crippen molar-refractivity contribution in [2.45, 2.75) is 6.42 Å². The Balaban J connectivity index is 3.36. The van der Waals surface area contributed by atoms with Crippen LogP contribution >= 0.6 is 11.8 Å². The van der Waals surface area contributed by atoms with Crippen LogP contribution in [0.4, 0.5) is 0 Å². The largest absolute Gasteiger partial charge is 0.127 e. The molecule has 0 aliphatic carbocycles. The average Bonchev–Trinajstić information content (AvgIpc) is 2.09. The average molecular weight is 179 g/mol. The molecule has 0 spiro atoms. The minimum absolute atomic E-state index is 0.900. The van der Waals surface area contributed by atoms with E-state index in [9.17, 15) is 0 Å². The molecule has 0 N–H and O–H groups in total. The van der Waals surface area contributed by atoms with Gasteiger partial charge in [0, 0.05) is 12.2 Å². The molecular weight excluding hydrogens is 164 g/mol. The summed E-state index contributed by atoms with van der Waals surface area (Å²) in [5.41, 5.74) is 0. The van der Waals surface area contributed by atoms with Crippen molar-refractivity contribution in [1.82, 2.24) is 0 Å². The Morgan fingerprint density at radius 1 is 1.33 bits per heavy atom. The number of hydrogen-bond acceptors (Lipinski definition) is 1. The molecule has 0 bridgehead atoms. The highest BCUT2D eigenvalue weighted by Crippen LogP contribution is 2.17. The van der Waals surface area contributed by atoms with Gasteiger partial charge < -0.3 is 0 Å². The number of hydrogen-bond donors (Lipinski definition) is 0. The topological polar surface area (TPSA) is 0 Å². The van der Waals surface area contributed by atoms with Gasteiger partial charge in [0.25, 0.3) is 0 Å². The van der Waals surface area contributed by atoms with Gasteiger partial charge in [0.15, 0.2) is 0 Å². The summed E-state index contributed by atoms with van der Waals surface area (Å²) < 4.78 is 0. The van der Waals surface area contributed by atoms with E-state index in [4.69, 9.17) is 0 Å². The Morgan fingerprint density at radius 2 is 2.08 bits per heavy atom.